The molecule has 0 fully saturated rings. The fourth-order valence-electron chi connectivity index (χ4n) is 2.32. The molecule has 3 heteroatoms. The van der Waals surface area contributed by atoms with E-state index in [1.807, 2.05) is 6.07 Å². The quantitative estimate of drug-likeness (QED) is 0.827. The van der Waals surface area contributed by atoms with Gasteiger partial charge in [-0.3, -0.25) is 0 Å². The van der Waals surface area contributed by atoms with Gasteiger partial charge in [0.05, 0.1) is 20.3 Å². The van der Waals surface area contributed by atoms with Gasteiger partial charge in [0.25, 0.3) is 0 Å². The van der Waals surface area contributed by atoms with Crippen molar-refractivity contribution >= 4 is 0 Å². The fraction of sp³-hybridized carbons (Fsp3) is 0.500. The zero-order valence-electron chi connectivity index (χ0n) is 12.0. The Hall–Kier alpha value is -1.32. The van der Waals surface area contributed by atoms with Crippen LogP contribution in [0.5, 0.6) is 5.75 Å². The summed E-state index contributed by atoms with van der Waals surface area (Å²) in [6.07, 6.45) is 3.30. The van der Waals surface area contributed by atoms with Gasteiger partial charge in [0.1, 0.15) is 5.75 Å². The molecule has 0 spiro atoms. The largest absolute Gasteiger partial charge is 0.496 e. The van der Waals surface area contributed by atoms with Crippen LogP contribution in [0, 0.1) is 6.92 Å². The summed E-state index contributed by atoms with van der Waals surface area (Å²) in [5.74, 6) is 0.944. The monoisotopic (exact) mass is 261 g/mol. The van der Waals surface area contributed by atoms with E-state index in [0.29, 0.717) is 0 Å². The summed E-state index contributed by atoms with van der Waals surface area (Å²) in [7, 11) is 1.72. The fourth-order valence-corrected chi connectivity index (χ4v) is 2.32. The highest BCUT2D eigenvalue weighted by Crippen LogP contribution is 2.26. The van der Waals surface area contributed by atoms with Gasteiger partial charge in [0, 0.05) is 18.2 Å². The minimum Gasteiger partial charge on any atom is -0.496 e. The molecule has 0 aliphatic carbocycles. The van der Waals surface area contributed by atoms with E-state index in [9.17, 15) is 0 Å². The van der Waals surface area contributed by atoms with Crippen LogP contribution in [0.3, 0.4) is 0 Å². The van der Waals surface area contributed by atoms with Crippen LogP contribution in [0.2, 0.25) is 0 Å². The molecule has 0 aromatic heterocycles. The lowest BCUT2D eigenvalue weighted by Crippen LogP contribution is -2.24. The summed E-state index contributed by atoms with van der Waals surface area (Å²) in [6, 6.07) is 6.55. The summed E-state index contributed by atoms with van der Waals surface area (Å²) in [5.41, 5.74) is 3.80. The smallest absolute Gasteiger partial charge is 0.123 e. The van der Waals surface area contributed by atoms with Crippen LogP contribution < -0.4 is 10.1 Å². The van der Waals surface area contributed by atoms with Gasteiger partial charge in [0.2, 0.25) is 0 Å². The minimum absolute atomic E-state index is 0.262. The predicted molar refractivity (Wildman–Crippen MR) is 77.7 cm³/mol. The highest BCUT2D eigenvalue weighted by molar-refractivity contribution is 5.39. The van der Waals surface area contributed by atoms with Crippen LogP contribution in [0.15, 0.2) is 29.8 Å². The Labute approximate surface area is 115 Å². The van der Waals surface area contributed by atoms with Gasteiger partial charge in [0.15, 0.2) is 0 Å². The number of nitrogens with one attached hydrogen (secondary N) is 1. The first kappa shape index (κ1) is 14.1. The number of methoxy groups -OCH3 is 1. The van der Waals surface area contributed by atoms with Crippen molar-refractivity contribution in [3.8, 4) is 5.75 Å². The van der Waals surface area contributed by atoms with Crippen LogP contribution in [0.25, 0.3) is 0 Å². The summed E-state index contributed by atoms with van der Waals surface area (Å²) in [6.45, 7) is 6.75. The third kappa shape index (κ3) is 3.82. The molecule has 3 nitrogen and oxygen atoms in total. The van der Waals surface area contributed by atoms with Crippen molar-refractivity contribution in [1.82, 2.24) is 5.32 Å². The number of hydrogen-bond donors (Lipinski definition) is 1. The van der Waals surface area contributed by atoms with Crippen LogP contribution in [-0.2, 0) is 4.74 Å². The molecular formula is C16H23NO2. The maximum absolute atomic E-state index is 5.45. The Balaban J connectivity index is 2.00. The lowest BCUT2D eigenvalue weighted by atomic mass is 10.0. The van der Waals surface area contributed by atoms with E-state index in [1.54, 1.807) is 7.11 Å². The van der Waals surface area contributed by atoms with Crippen LogP contribution in [-0.4, -0.2) is 26.9 Å². The second-order valence-corrected chi connectivity index (χ2v) is 5.05. The van der Waals surface area contributed by atoms with Crippen LogP contribution in [0.4, 0.5) is 0 Å². The molecule has 1 aromatic carbocycles. The average Bonchev–Trinajstić information content (AvgIpc) is 2.46. The van der Waals surface area contributed by atoms with Crippen molar-refractivity contribution in [3.63, 3.8) is 0 Å². The van der Waals surface area contributed by atoms with E-state index < -0.39 is 0 Å². The Morgan fingerprint density at radius 2 is 2.26 bits per heavy atom. The number of rotatable bonds is 5. The molecule has 0 radical (unpaired) electrons. The third-order valence-corrected chi connectivity index (χ3v) is 3.47. The summed E-state index contributed by atoms with van der Waals surface area (Å²) < 4.78 is 10.9. The standard InChI is InChI=1S/C16H23NO2/c1-12-6-7-16(18-3)15(9-12)13(2)17-10-14-5-4-8-19-11-14/h5-7,9,13,17H,4,8,10-11H2,1-3H3/t13-/m0/s1. The second kappa shape index (κ2) is 6.73. The summed E-state index contributed by atoms with van der Waals surface area (Å²) in [4.78, 5) is 0. The van der Waals surface area contributed by atoms with Gasteiger partial charge < -0.3 is 14.8 Å². The first-order valence-corrected chi connectivity index (χ1v) is 6.84. The molecule has 1 N–H and O–H groups in total. The van der Waals surface area contributed by atoms with Crippen LogP contribution >= 0.6 is 0 Å². The van der Waals surface area contributed by atoms with Crippen molar-refractivity contribution in [2.45, 2.75) is 26.3 Å². The van der Waals surface area contributed by atoms with Gasteiger partial charge in [-0.25, -0.2) is 0 Å². The molecule has 1 aromatic rings. The Morgan fingerprint density at radius 1 is 1.42 bits per heavy atom. The van der Waals surface area contributed by atoms with Gasteiger partial charge in [-0.05, 0) is 31.9 Å². The summed E-state index contributed by atoms with van der Waals surface area (Å²) in [5, 5.41) is 3.54. The van der Waals surface area contributed by atoms with E-state index >= 15 is 0 Å². The molecule has 0 bridgehead atoms. The van der Waals surface area contributed by atoms with Crippen molar-refractivity contribution in [2.75, 3.05) is 26.9 Å². The minimum atomic E-state index is 0.262. The first-order chi connectivity index (χ1) is 9.20. The zero-order valence-corrected chi connectivity index (χ0v) is 12.0. The van der Waals surface area contributed by atoms with Gasteiger partial charge in [-0.2, -0.15) is 0 Å². The molecule has 1 heterocycles. The maximum atomic E-state index is 5.45. The average molecular weight is 261 g/mol. The normalized spacial score (nSPS) is 16.9. The molecule has 104 valence electrons. The molecule has 0 amide bonds. The first-order valence-electron chi connectivity index (χ1n) is 6.84. The zero-order chi connectivity index (χ0) is 13.7. The molecule has 1 atom stereocenters. The molecule has 19 heavy (non-hydrogen) atoms. The molecule has 0 saturated heterocycles. The third-order valence-electron chi connectivity index (χ3n) is 3.47. The maximum Gasteiger partial charge on any atom is 0.123 e. The SMILES string of the molecule is COc1ccc(C)cc1[C@H](C)NCC1=CCCOC1. The lowest BCUT2D eigenvalue weighted by molar-refractivity contribution is 0.148. The molecule has 2 rings (SSSR count). The molecule has 1 aliphatic rings. The van der Waals surface area contributed by atoms with E-state index in [0.717, 1.165) is 31.9 Å². The van der Waals surface area contributed by atoms with E-state index in [-0.39, 0.29) is 6.04 Å². The Morgan fingerprint density at radius 3 is 2.95 bits per heavy atom. The van der Waals surface area contributed by atoms with Crippen LogP contribution in [0.1, 0.15) is 30.5 Å². The topological polar surface area (TPSA) is 30.5 Å². The Bertz CT molecular complexity index is 454. The van der Waals surface area contributed by atoms with Crippen molar-refractivity contribution in [1.29, 1.82) is 0 Å². The van der Waals surface area contributed by atoms with Crippen molar-refractivity contribution in [2.24, 2.45) is 0 Å². The molecule has 1 aliphatic heterocycles. The number of benzene rings is 1. The van der Waals surface area contributed by atoms with Crippen molar-refractivity contribution < 1.29 is 9.47 Å². The number of hydrogen-bond acceptors (Lipinski definition) is 3. The van der Waals surface area contributed by atoms with Crippen molar-refractivity contribution in [3.05, 3.63) is 41.0 Å². The van der Waals surface area contributed by atoms with E-state index in [2.05, 4.69) is 37.4 Å². The number of aryl methyl sites for hydroxylation is 1. The highest BCUT2D eigenvalue weighted by atomic mass is 16.5. The summed E-state index contributed by atoms with van der Waals surface area (Å²) >= 11 is 0. The lowest BCUT2D eigenvalue weighted by Gasteiger charge is -2.20. The Kier molecular flexibility index (Phi) is 5.00. The second-order valence-electron chi connectivity index (χ2n) is 5.05. The van der Waals surface area contributed by atoms with Gasteiger partial charge in [-0.1, -0.05) is 23.8 Å². The molecule has 0 saturated carbocycles. The molecular weight excluding hydrogens is 238 g/mol. The highest BCUT2D eigenvalue weighted by Gasteiger charge is 2.12. The van der Waals surface area contributed by atoms with Gasteiger partial charge >= 0.3 is 0 Å². The molecule has 0 unspecified atom stereocenters. The van der Waals surface area contributed by atoms with E-state index in [1.165, 1.54) is 16.7 Å². The predicted octanol–water partition coefficient (Wildman–Crippen LogP) is 3.00. The van der Waals surface area contributed by atoms with Gasteiger partial charge in [-0.15, -0.1) is 0 Å². The number of ether oxygens (including phenoxy) is 2. The van der Waals surface area contributed by atoms with E-state index in [4.69, 9.17) is 9.47 Å².